The van der Waals surface area contributed by atoms with E-state index in [-0.39, 0.29) is 20.4 Å². The summed E-state index contributed by atoms with van der Waals surface area (Å²) in [5.41, 5.74) is 30.4. The largest absolute Gasteiger partial charge is 2.00 e. The molecule has 590 valence electrons. The van der Waals surface area contributed by atoms with E-state index in [0.29, 0.717) is 0 Å². The third-order valence-corrected chi connectivity index (χ3v) is 22.2. The molecule has 0 unspecified atom stereocenters. The molecule has 2 aromatic rings. The van der Waals surface area contributed by atoms with Crippen LogP contribution in [0.4, 0.5) is 0 Å². The van der Waals surface area contributed by atoms with Gasteiger partial charge in [-0.1, -0.05) is 429 Å². The van der Waals surface area contributed by atoms with Gasteiger partial charge >= 0.3 is 20.4 Å². The first-order valence-electron chi connectivity index (χ1n) is 46.1. The van der Waals surface area contributed by atoms with E-state index >= 15 is 0 Å². The standard InChI is InChI=1S/C82H144N2.2C8H17.Pd/c1-9-17-21-25-27-29-31-33-35-37-39-41-43-45-47-49-51-53-57-63-77-71(59-13-5)67-75(68-72(77)60-14-6)81-79(65-55-23-19-11-3)80(66-56-24-20-12-4)82(84(81)83)76-69-73(61-15-7)78(74(70-76)62-16-8)64-58-54-52-50-48-46-44-42-40-38-36-34-32-30-28-26-22-18-10-2;2*1-3-5-7-8-6-4-2;/h67-70H,9-66H2,1-8H3;2*1,3-8H2,2H3;/q;2*-1;+2. The van der Waals surface area contributed by atoms with Crippen molar-refractivity contribution in [2.75, 3.05) is 0 Å². The number of unbranched alkanes of at least 4 members (excludes halogenated alkanes) is 52. The fourth-order valence-electron chi connectivity index (χ4n) is 16.0. The molecule has 2 aromatic carbocycles. The second kappa shape index (κ2) is 75.0. The van der Waals surface area contributed by atoms with Crippen molar-refractivity contribution in [3.63, 3.8) is 0 Å². The van der Waals surface area contributed by atoms with E-state index in [9.17, 15) is 5.53 Å². The van der Waals surface area contributed by atoms with Crippen molar-refractivity contribution in [1.29, 1.82) is 0 Å². The maximum Gasteiger partial charge on any atom is 2.00 e. The number of nitrogens with zero attached hydrogens (tertiary/aromatic N) is 2. The van der Waals surface area contributed by atoms with Crippen molar-refractivity contribution in [2.24, 2.45) is 0 Å². The summed E-state index contributed by atoms with van der Waals surface area (Å²) < 4.78 is 1.77. The summed E-state index contributed by atoms with van der Waals surface area (Å²) in [5.74, 6) is 0. The Bertz CT molecular complexity index is 1970. The maximum atomic E-state index is 13.2. The van der Waals surface area contributed by atoms with Crippen LogP contribution >= 0.6 is 0 Å². The van der Waals surface area contributed by atoms with Gasteiger partial charge in [0.1, 0.15) is 0 Å². The molecule has 0 spiro atoms. The molecule has 0 saturated carbocycles. The van der Waals surface area contributed by atoms with Gasteiger partial charge in [-0.15, -0.1) is 0 Å². The summed E-state index contributed by atoms with van der Waals surface area (Å²) >= 11 is 0. The van der Waals surface area contributed by atoms with Crippen LogP contribution in [0.3, 0.4) is 0 Å². The monoisotopic (exact) mass is 1490 g/mol. The minimum Gasteiger partial charge on any atom is -0.493 e. The molecule has 0 amide bonds. The summed E-state index contributed by atoms with van der Waals surface area (Å²) in [5, 5.41) is 0. The van der Waals surface area contributed by atoms with Gasteiger partial charge in [0.05, 0.1) is 0 Å². The van der Waals surface area contributed by atoms with E-state index < -0.39 is 0 Å². The number of hydrogen-bond acceptors (Lipinski definition) is 0. The molecular weight excluding hydrogens is 1310 g/mol. The van der Waals surface area contributed by atoms with E-state index in [1.807, 2.05) is 0 Å². The minimum atomic E-state index is 0. The number of allylic oxidation sites excluding steroid dienone is 2. The Balaban J connectivity index is 0.00000521. The van der Waals surface area contributed by atoms with Crippen molar-refractivity contribution >= 4 is 11.4 Å². The van der Waals surface area contributed by atoms with Gasteiger partial charge < -0.3 is 19.4 Å². The molecule has 1 aliphatic heterocycles. The average molecular weight is 1490 g/mol. The van der Waals surface area contributed by atoms with Gasteiger partial charge in [0.25, 0.3) is 0 Å². The fraction of sp³-hybridized carbons (Fsp3) is 0.816. The number of aryl methyl sites for hydroxylation is 4. The van der Waals surface area contributed by atoms with Crippen LogP contribution in [-0.2, 0) is 58.9 Å². The van der Waals surface area contributed by atoms with Crippen molar-refractivity contribution in [2.45, 2.75) is 519 Å². The second-order valence-electron chi connectivity index (χ2n) is 31.9. The number of benzene rings is 2. The number of hydrogen-bond donors (Lipinski definition) is 0. The zero-order valence-electron chi connectivity index (χ0n) is 70.4. The molecule has 101 heavy (non-hydrogen) atoms. The second-order valence-corrected chi connectivity index (χ2v) is 31.9. The van der Waals surface area contributed by atoms with Gasteiger partial charge in [0, 0.05) is 22.3 Å². The van der Waals surface area contributed by atoms with E-state index in [1.54, 1.807) is 38.1 Å². The zero-order valence-corrected chi connectivity index (χ0v) is 72.0. The van der Waals surface area contributed by atoms with Crippen LogP contribution in [0, 0.1) is 13.8 Å². The van der Waals surface area contributed by atoms with Crippen LogP contribution in [0.25, 0.3) is 16.9 Å². The SMILES string of the molecule is CCCCCCCCCCCCCCCCCCCCCc1c(CCC)cc(C2=C(CCCCCC)C(CCCCCC)=C(c3cc(CCC)c(CCCCCCCCCCCCCCCCCCCCC)c(CCC)c3)[N+]2=[N-])cc1CCC.[CH2-]CCCCCCC.[CH2-]CCCCCCC.[Pd+2]. The molecule has 2 nitrogen and oxygen atoms in total. The van der Waals surface area contributed by atoms with E-state index in [0.717, 1.165) is 88.4 Å². The molecule has 0 radical (unpaired) electrons. The van der Waals surface area contributed by atoms with Crippen LogP contribution in [0.15, 0.2) is 35.4 Å². The normalized spacial score (nSPS) is 12.2. The molecule has 0 aromatic heterocycles. The molecule has 0 fully saturated rings. The van der Waals surface area contributed by atoms with Gasteiger partial charge in [-0.2, -0.15) is 12.8 Å². The van der Waals surface area contributed by atoms with Gasteiger partial charge in [-0.05, 0) is 135 Å². The molecule has 1 aliphatic rings. The fourth-order valence-corrected chi connectivity index (χ4v) is 16.0. The Morgan fingerprint density at radius 3 is 0.574 bits per heavy atom. The molecule has 3 rings (SSSR count). The Morgan fingerprint density at radius 1 is 0.218 bits per heavy atom. The van der Waals surface area contributed by atoms with Crippen LogP contribution < -0.4 is 0 Å². The summed E-state index contributed by atoms with van der Waals surface area (Å²) in [6, 6.07) is 10.3. The Kier molecular flexibility index (Phi) is 73.7. The first kappa shape index (κ1) is 99.2. The molecule has 0 atom stereocenters. The van der Waals surface area contributed by atoms with Crippen LogP contribution in [0.5, 0.6) is 0 Å². The van der Waals surface area contributed by atoms with Crippen LogP contribution in [-0.4, -0.2) is 4.70 Å². The molecule has 0 bridgehead atoms. The predicted molar refractivity (Wildman–Crippen MR) is 456 cm³/mol. The summed E-state index contributed by atoms with van der Waals surface area (Å²) in [4.78, 5) is 0. The van der Waals surface area contributed by atoms with Crippen molar-refractivity contribution in [3.8, 4) is 0 Å². The van der Waals surface area contributed by atoms with E-state index in [4.69, 9.17) is 0 Å². The predicted octanol–water partition coefficient (Wildman–Crippen LogP) is 34.9. The van der Waals surface area contributed by atoms with Crippen molar-refractivity contribution < 1.29 is 25.1 Å². The zero-order chi connectivity index (χ0) is 72.8. The van der Waals surface area contributed by atoms with E-state index in [1.165, 1.54) is 395 Å². The molecular formula is C98H178N2Pd. The summed E-state index contributed by atoms with van der Waals surface area (Å²) in [6.07, 6.45) is 93.7. The quantitative estimate of drug-likeness (QED) is 0.0273. The Morgan fingerprint density at radius 2 is 0.386 bits per heavy atom. The Hall–Kier alpha value is -1.82. The van der Waals surface area contributed by atoms with Crippen molar-refractivity contribution in [3.05, 3.63) is 99.3 Å². The smallest absolute Gasteiger partial charge is 0.493 e. The van der Waals surface area contributed by atoms with Gasteiger partial charge in [0.15, 0.2) is 0 Å². The Labute approximate surface area is 650 Å². The third kappa shape index (κ3) is 50.4. The number of rotatable bonds is 70. The van der Waals surface area contributed by atoms with Crippen LogP contribution in [0.2, 0.25) is 0 Å². The molecule has 0 saturated heterocycles. The maximum absolute atomic E-state index is 13.2. The third-order valence-electron chi connectivity index (χ3n) is 22.2. The average Bonchev–Trinajstić information content (AvgIpc) is 1.60. The first-order valence-corrected chi connectivity index (χ1v) is 46.1. The van der Waals surface area contributed by atoms with Crippen molar-refractivity contribution in [1.82, 2.24) is 0 Å². The first-order chi connectivity index (χ1) is 49.3. The topological polar surface area (TPSA) is 25.3 Å². The van der Waals surface area contributed by atoms with Gasteiger partial charge in [-0.25, -0.2) is 4.70 Å². The summed E-state index contributed by atoms with van der Waals surface area (Å²) in [7, 11) is 0. The van der Waals surface area contributed by atoms with E-state index in [2.05, 4.69) is 107 Å². The van der Waals surface area contributed by atoms with Gasteiger partial charge in [-0.3, -0.25) is 0 Å². The molecule has 0 aliphatic carbocycles. The minimum absolute atomic E-state index is 0. The molecule has 1 heterocycles. The van der Waals surface area contributed by atoms with Gasteiger partial charge in [0.2, 0.25) is 11.4 Å². The molecule has 3 heteroatoms. The summed E-state index contributed by atoms with van der Waals surface area (Å²) in [6.45, 7) is 30.9. The molecule has 0 N–H and O–H groups in total. The van der Waals surface area contributed by atoms with Crippen LogP contribution in [0.1, 0.15) is 525 Å².